The first-order chi connectivity index (χ1) is 11.0. The Bertz CT molecular complexity index is 527. The Kier molecular flexibility index (Phi) is 6.28. The van der Waals surface area contributed by atoms with E-state index in [2.05, 4.69) is 24.1 Å². The summed E-state index contributed by atoms with van der Waals surface area (Å²) < 4.78 is 10.8. The van der Waals surface area contributed by atoms with Crippen LogP contribution in [0.25, 0.3) is 0 Å². The van der Waals surface area contributed by atoms with E-state index in [1.807, 2.05) is 18.2 Å². The summed E-state index contributed by atoms with van der Waals surface area (Å²) >= 11 is 0. The molecule has 1 fully saturated rings. The molecule has 0 unspecified atom stereocenters. The summed E-state index contributed by atoms with van der Waals surface area (Å²) in [5.41, 5.74) is 1.05. The molecule has 1 aromatic rings. The van der Waals surface area contributed by atoms with Gasteiger partial charge in [-0.05, 0) is 37.0 Å². The van der Waals surface area contributed by atoms with Crippen LogP contribution < -0.4 is 14.8 Å². The van der Waals surface area contributed by atoms with Crippen molar-refractivity contribution in [2.24, 2.45) is 5.92 Å². The average Bonchev–Trinajstić information content (AvgIpc) is 3.37. The normalized spacial score (nSPS) is 14.2. The minimum absolute atomic E-state index is 0.0902. The van der Waals surface area contributed by atoms with E-state index in [4.69, 9.17) is 9.47 Å². The van der Waals surface area contributed by atoms with Gasteiger partial charge in [0, 0.05) is 24.7 Å². The minimum Gasteiger partial charge on any atom is -0.497 e. The van der Waals surface area contributed by atoms with Crippen molar-refractivity contribution >= 4 is 5.91 Å². The maximum absolute atomic E-state index is 12.1. The lowest BCUT2D eigenvalue weighted by atomic mass is 10.1. The van der Waals surface area contributed by atoms with Crippen molar-refractivity contribution in [2.45, 2.75) is 39.3 Å². The molecular formula is C18H28N2O3. The number of amides is 1. The van der Waals surface area contributed by atoms with E-state index in [1.165, 1.54) is 0 Å². The molecule has 1 aromatic carbocycles. The zero-order valence-electron chi connectivity index (χ0n) is 14.6. The maximum Gasteiger partial charge on any atom is 0.234 e. The summed E-state index contributed by atoms with van der Waals surface area (Å²) in [4.78, 5) is 14.4. The van der Waals surface area contributed by atoms with Crippen molar-refractivity contribution < 1.29 is 14.3 Å². The Balaban J connectivity index is 2.03. The predicted molar refractivity (Wildman–Crippen MR) is 90.8 cm³/mol. The fourth-order valence-electron chi connectivity index (χ4n) is 2.54. The van der Waals surface area contributed by atoms with E-state index >= 15 is 0 Å². The van der Waals surface area contributed by atoms with E-state index in [0.717, 1.165) is 36.4 Å². The summed E-state index contributed by atoms with van der Waals surface area (Å²) in [5.74, 6) is 2.19. The Labute approximate surface area is 139 Å². The van der Waals surface area contributed by atoms with E-state index in [1.54, 1.807) is 14.2 Å². The molecule has 1 aliphatic carbocycles. The van der Waals surface area contributed by atoms with Crippen LogP contribution in [-0.2, 0) is 11.3 Å². The third-order valence-electron chi connectivity index (χ3n) is 3.98. The van der Waals surface area contributed by atoms with Gasteiger partial charge in [0.1, 0.15) is 11.5 Å². The van der Waals surface area contributed by atoms with E-state index in [0.29, 0.717) is 25.0 Å². The molecule has 2 rings (SSSR count). The molecule has 0 bridgehead atoms. The molecule has 1 amide bonds. The number of rotatable bonds is 9. The number of hydrogen-bond donors (Lipinski definition) is 1. The molecule has 0 spiro atoms. The molecule has 5 heteroatoms. The van der Waals surface area contributed by atoms with Crippen LogP contribution in [0.2, 0.25) is 0 Å². The van der Waals surface area contributed by atoms with Crippen LogP contribution in [0, 0.1) is 5.92 Å². The number of carbonyl (C=O) groups is 1. The van der Waals surface area contributed by atoms with E-state index in [-0.39, 0.29) is 5.91 Å². The summed E-state index contributed by atoms with van der Waals surface area (Å²) in [6.45, 7) is 6.04. The summed E-state index contributed by atoms with van der Waals surface area (Å²) in [6, 6.07) is 6.29. The van der Waals surface area contributed by atoms with E-state index in [9.17, 15) is 4.79 Å². The van der Waals surface area contributed by atoms with Gasteiger partial charge in [-0.1, -0.05) is 13.8 Å². The second kappa shape index (κ2) is 8.20. The zero-order valence-corrected chi connectivity index (χ0v) is 14.6. The van der Waals surface area contributed by atoms with Crippen LogP contribution >= 0.6 is 0 Å². The molecule has 0 aliphatic heterocycles. The summed E-state index contributed by atoms with van der Waals surface area (Å²) in [5, 5.41) is 3.00. The second-order valence-corrected chi connectivity index (χ2v) is 6.51. The van der Waals surface area contributed by atoms with Gasteiger partial charge in [-0.15, -0.1) is 0 Å². The van der Waals surface area contributed by atoms with Gasteiger partial charge in [-0.25, -0.2) is 0 Å². The molecule has 128 valence electrons. The number of carbonyl (C=O) groups excluding carboxylic acids is 1. The molecule has 0 aromatic heterocycles. The van der Waals surface area contributed by atoms with Gasteiger partial charge in [-0.2, -0.15) is 0 Å². The molecule has 1 saturated carbocycles. The zero-order chi connectivity index (χ0) is 16.8. The lowest BCUT2D eigenvalue weighted by Gasteiger charge is -2.23. The van der Waals surface area contributed by atoms with Crippen LogP contribution in [0.5, 0.6) is 11.5 Å². The quantitative estimate of drug-likeness (QED) is 0.759. The fraction of sp³-hybridized carbons (Fsp3) is 0.611. The first-order valence-electron chi connectivity index (χ1n) is 8.25. The molecular weight excluding hydrogens is 292 g/mol. The van der Waals surface area contributed by atoms with Crippen LogP contribution in [0.15, 0.2) is 18.2 Å². The molecule has 0 atom stereocenters. The van der Waals surface area contributed by atoms with Gasteiger partial charge < -0.3 is 14.8 Å². The molecule has 0 radical (unpaired) electrons. The maximum atomic E-state index is 12.1. The molecule has 23 heavy (non-hydrogen) atoms. The van der Waals surface area contributed by atoms with Gasteiger partial charge in [0.25, 0.3) is 0 Å². The topological polar surface area (TPSA) is 50.8 Å². The Morgan fingerprint density at radius 1 is 1.30 bits per heavy atom. The number of benzene rings is 1. The second-order valence-electron chi connectivity index (χ2n) is 6.51. The smallest absolute Gasteiger partial charge is 0.234 e. The largest absolute Gasteiger partial charge is 0.497 e. The number of nitrogens with zero attached hydrogens (tertiary/aromatic N) is 1. The Morgan fingerprint density at radius 3 is 2.61 bits per heavy atom. The number of ether oxygens (including phenoxy) is 2. The van der Waals surface area contributed by atoms with Crippen molar-refractivity contribution in [2.75, 3.05) is 27.3 Å². The van der Waals surface area contributed by atoms with Crippen molar-refractivity contribution in [3.63, 3.8) is 0 Å². The first-order valence-corrected chi connectivity index (χ1v) is 8.25. The van der Waals surface area contributed by atoms with Gasteiger partial charge in [0.2, 0.25) is 5.91 Å². The molecule has 0 saturated heterocycles. The lowest BCUT2D eigenvalue weighted by molar-refractivity contribution is -0.122. The van der Waals surface area contributed by atoms with Gasteiger partial charge in [0.15, 0.2) is 0 Å². The summed E-state index contributed by atoms with van der Waals surface area (Å²) in [7, 11) is 3.33. The fourth-order valence-corrected chi connectivity index (χ4v) is 2.54. The molecule has 1 N–H and O–H groups in total. The van der Waals surface area contributed by atoms with Gasteiger partial charge >= 0.3 is 0 Å². The van der Waals surface area contributed by atoms with Crippen molar-refractivity contribution in [1.29, 1.82) is 0 Å². The number of hydrogen-bond acceptors (Lipinski definition) is 4. The van der Waals surface area contributed by atoms with Crippen molar-refractivity contribution in [1.82, 2.24) is 10.2 Å². The van der Waals surface area contributed by atoms with Gasteiger partial charge in [-0.3, -0.25) is 9.69 Å². The van der Waals surface area contributed by atoms with E-state index < -0.39 is 0 Å². The highest BCUT2D eigenvalue weighted by Crippen LogP contribution is 2.31. The third kappa shape index (κ3) is 5.43. The molecule has 5 nitrogen and oxygen atoms in total. The average molecular weight is 320 g/mol. The lowest BCUT2D eigenvalue weighted by Crippen LogP contribution is -2.39. The van der Waals surface area contributed by atoms with Crippen molar-refractivity contribution in [3.05, 3.63) is 23.8 Å². The first kappa shape index (κ1) is 17.6. The highest BCUT2D eigenvalue weighted by molar-refractivity contribution is 5.78. The Morgan fingerprint density at radius 2 is 2.04 bits per heavy atom. The monoisotopic (exact) mass is 320 g/mol. The minimum atomic E-state index is 0.0902. The highest BCUT2D eigenvalue weighted by Gasteiger charge is 2.31. The highest BCUT2D eigenvalue weighted by atomic mass is 16.5. The van der Waals surface area contributed by atoms with Crippen LogP contribution in [0.1, 0.15) is 32.3 Å². The van der Waals surface area contributed by atoms with Crippen LogP contribution in [-0.4, -0.2) is 44.2 Å². The third-order valence-corrected chi connectivity index (χ3v) is 3.98. The van der Waals surface area contributed by atoms with Gasteiger partial charge in [0.05, 0.1) is 20.8 Å². The van der Waals surface area contributed by atoms with Crippen molar-refractivity contribution in [3.8, 4) is 11.5 Å². The number of nitrogens with one attached hydrogen (secondary N) is 1. The van der Waals surface area contributed by atoms with Crippen LogP contribution in [0.4, 0.5) is 0 Å². The van der Waals surface area contributed by atoms with Crippen LogP contribution in [0.3, 0.4) is 0 Å². The summed E-state index contributed by atoms with van der Waals surface area (Å²) in [6.07, 6.45) is 2.31. The predicted octanol–water partition coefficient (Wildman–Crippen LogP) is 2.44. The molecule has 0 heterocycles. The Hall–Kier alpha value is -1.75. The number of methoxy groups -OCH3 is 2. The standard InChI is InChI=1S/C18H28N2O3/c1-13(2)10-19-18(21)12-20(15-5-6-15)11-14-9-16(22-3)7-8-17(14)23-4/h7-9,13,15H,5-6,10-12H2,1-4H3,(H,19,21). The molecule has 1 aliphatic rings. The SMILES string of the molecule is COc1ccc(OC)c(CN(CC(=O)NCC(C)C)C2CC2)c1.